The van der Waals surface area contributed by atoms with Crippen molar-refractivity contribution in [2.45, 2.75) is 13.8 Å². The molecule has 4 aromatic rings. The maximum Gasteiger partial charge on any atom is 0.266 e. The summed E-state index contributed by atoms with van der Waals surface area (Å²) in [5.74, 6) is 1.02. The highest BCUT2D eigenvalue weighted by Crippen LogP contribution is 2.28. The molecule has 0 aliphatic heterocycles. The molecule has 0 fully saturated rings. The van der Waals surface area contributed by atoms with E-state index in [-0.39, 0.29) is 0 Å². The maximum absolute atomic E-state index is 5.83. The second kappa shape index (κ2) is 4.53. The van der Waals surface area contributed by atoms with E-state index in [4.69, 9.17) is 4.42 Å². The first-order chi connectivity index (χ1) is 10.2. The summed E-state index contributed by atoms with van der Waals surface area (Å²) in [6, 6.07) is 8.02. The summed E-state index contributed by atoms with van der Waals surface area (Å²) in [4.78, 5) is 5.43. The van der Waals surface area contributed by atoms with Gasteiger partial charge in [0.25, 0.3) is 5.89 Å². The van der Waals surface area contributed by atoms with Crippen molar-refractivity contribution < 1.29 is 4.42 Å². The lowest BCUT2D eigenvalue weighted by molar-refractivity contribution is 0.581. The Labute approximate surface area is 124 Å². The van der Waals surface area contributed by atoms with E-state index in [1.807, 2.05) is 54.1 Å². The molecule has 0 unspecified atom stereocenters. The Morgan fingerprint density at radius 3 is 2.62 bits per heavy atom. The number of fused-ring (bicyclic) bond motifs is 1. The molecule has 1 aromatic carbocycles. The number of aromatic nitrogens is 4. The van der Waals surface area contributed by atoms with E-state index in [9.17, 15) is 0 Å². The van der Waals surface area contributed by atoms with Gasteiger partial charge in [-0.1, -0.05) is 17.7 Å². The van der Waals surface area contributed by atoms with Crippen LogP contribution in [0.1, 0.15) is 11.3 Å². The van der Waals surface area contributed by atoms with Crippen molar-refractivity contribution in [3.63, 3.8) is 0 Å². The molecule has 3 aromatic heterocycles. The second-order valence-corrected chi connectivity index (χ2v) is 5.75. The zero-order chi connectivity index (χ0) is 14.4. The predicted octanol–water partition coefficient (Wildman–Crippen LogP) is 3.73. The van der Waals surface area contributed by atoms with Crippen LogP contribution < -0.4 is 0 Å². The van der Waals surface area contributed by atoms with Gasteiger partial charge in [0.2, 0.25) is 5.89 Å². The van der Waals surface area contributed by atoms with E-state index in [2.05, 4.69) is 15.2 Å². The van der Waals surface area contributed by atoms with Crippen molar-refractivity contribution in [3.05, 3.63) is 47.1 Å². The molecule has 0 spiro atoms. The molecule has 0 bridgehead atoms. The minimum atomic E-state index is 0.494. The summed E-state index contributed by atoms with van der Waals surface area (Å²) in [5.41, 5.74) is 3.87. The quantitative estimate of drug-likeness (QED) is 0.565. The number of benzene rings is 1. The SMILES string of the molecule is Cc1ccc(-c2nnc(-c3c(C)nc4sccn34)o2)cc1. The van der Waals surface area contributed by atoms with Crippen molar-refractivity contribution >= 4 is 16.3 Å². The number of nitrogens with zero attached hydrogens (tertiary/aromatic N) is 4. The molecule has 0 amide bonds. The van der Waals surface area contributed by atoms with Crippen LogP contribution in [0, 0.1) is 13.8 Å². The lowest BCUT2D eigenvalue weighted by Crippen LogP contribution is -1.86. The molecule has 104 valence electrons. The van der Waals surface area contributed by atoms with E-state index >= 15 is 0 Å². The predicted molar refractivity (Wildman–Crippen MR) is 81.3 cm³/mol. The van der Waals surface area contributed by atoms with Gasteiger partial charge in [-0.2, -0.15) is 0 Å². The Bertz CT molecular complexity index is 917. The minimum Gasteiger partial charge on any atom is -0.415 e. The smallest absolute Gasteiger partial charge is 0.266 e. The van der Waals surface area contributed by atoms with Gasteiger partial charge in [-0.05, 0) is 26.0 Å². The van der Waals surface area contributed by atoms with E-state index in [0.29, 0.717) is 11.8 Å². The molecule has 21 heavy (non-hydrogen) atoms. The van der Waals surface area contributed by atoms with Crippen LogP contribution >= 0.6 is 11.3 Å². The molecule has 0 aliphatic rings. The van der Waals surface area contributed by atoms with Gasteiger partial charge < -0.3 is 4.42 Å². The van der Waals surface area contributed by atoms with Crippen LogP contribution in [0.2, 0.25) is 0 Å². The van der Waals surface area contributed by atoms with Crippen molar-refractivity contribution in [1.82, 2.24) is 19.6 Å². The molecule has 4 rings (SSSR count). The fraction of sp³-hybridized carbons (Fsp3) is 0.133. The first kappa shape index (κ1) is 12.3. The van der Waals surface area contributed by atoms with Crippen LogP contribution in [0.15, 0.2) is 40.3 Å². The van der Waals surface area contributed by atoms with Gasteiger partial charge in [0.1, 0.15) is 5.69 Å². The van der Waals surface area contributed by atoms with Crippen molar-refractivity contribution in [2.24, 2.45) is 0 Å². The molecule has 0 aliphatic carbocycles. The van der Waals surface area contributed by atoms with Crippen LogP contribution in [-0.4, -0.2) is 19.6 Å². The summed E-state index contributed by atoms with van der Waals surface area (Å²) in [5, 5.41) is 10.3. The second-order valence-electron chi connectivity index (χ2n) is 4.88. The van der Waals surface area contributed by atoms with E-state index < -0.39 is 0 Å². The number of aryl methyl sites for hydroxylation is 2. The zero-order valence-electron chi connectivity index (χ0n) is 11.6. The highest BCUT2D eigenvalue weighted by Gasteiger charge is 2.18. The number of imidazole rings is 1. The van der Waals surface area contributed by atoms with Gasteiger partial charge in [0, 0.05) is 17.1 Å². The Morgan fingerprint density at radius 2 is 1.81 bits per heavy atom. The molecule has 3 heterocycles. The Hall–Kier alpha value is -2.47. The summed E-state index contributed by atoms with van der Waals surface area (Å²) < 4.78 is 7.81. The monoisotopic (exact) mass is 296 g/mol. The number of thiazole rings is 1. The van der Waals surface area contributed by atoms with E-state index in [0.717, 1.165) is 21.9 Å². The van der Waals surface area contributed by atoms with Gasteiger partial charge in [-0.15, -0.1) is 21.5 Å². The zero-order valence-corrected chi connectivity index (χ0v) is 12.4. The van der Waals surface area contributed by atoms with Gasteiger partial charge in [-0.25, -0.2) is 4.98 Å². The third kappa shape index (κ3) is 1.95. The third-order valence-electron chi connectivity index (χ3n) is 3.36. The fourth-order valence-electron chi connectivity index (χ4n) is 2.28. The first-order valence-electron chi connectivity index (χ1n) is 6.55. The van der Waals surface area contributed by atoms with Crippen LogP contribution in [0.5, 0.6) is 0 Å². The standard InChI is InChI=1S/C15H12N4OS/c1-9-3-5-11(6-4-9)13-17-18-14(20-13)12-10(2)16-15-19(12)7-8-21-15/h3-8H,1-2H3. The summed E-state index contributed by atoms with van der Waals surface area (Å²) in [6.07, 6.45) is 1.96. The molecule has 0 radical (unpaired) electrons. The Morgan fingerprint density at radius 1 is 1.05 bits per heavy atom. The Kier molecular flexibility index (Phi) is 2.65. The molecule has 0 N–H and O–H groups in total. The highest BCUT2D eigenvalue weighted by molar-refractivity contribution is 7.15. The normalized spacial score (nSPS) is 11.3. The van der Waals surface area contributed by atoms with Crippen molar-refractivity contribution in [3.8, 4) is 23.0 Å². The largest absolute Gasteiger partial charge is 0.415 e. The van der Waals surface area contributed by atoms with E-state index in [1.165, 1.54) is 5.56 Å². The summed E-state index contributed by atoms with van der Waals surface area (Å²) in [7, 11) is 0. The Balaban J connectivity index is 1.82. The number of hydrogen-bond donors (Lipinski definition) is 0. The van der Waals surface area contributed by atoms with Gasteiger partial charge in [0.05, 0.1) is 5.69 Å². The van der Waals surface area contributed by atoms with Gasteiger partial charge in [-0.3, -0.25) is 4.40 Å². The molecule has 0 atom stereocenters. The molecule has 0 saturated heterocycles. The minimum absolute atomic E-state index is 0.494. The third-order valence-corrected chi connectivity index (χ3v) is 4.12. The number of hydrogen-bond acceptors (Lipinski definition) is 5. The van der Waals surface area contributed by atoms with E-state index in [1.54, 1.807) is 11.3 Å². The molecular weight excluding hydrogens is 284 g/mol. The molecular formula is C15H12N4OS. The maximum atomic E-state index is 5.83. The number of rotatable bonds is 2. The van der Waals surface area contributed by atoms with Crippen LogP contribution in [-0.2, 0) is 0 Å². The summed E-state index contributed by atoms with van der Waals surface area (Å²) >= 11 is 1.58. The van der Waals surface area contributed by atoms with Gasteiger partial charge >= 0.3 is 0 Å². The summed E-state index contributed by atoms with van der Waals surface area (Å²) in [6.45, 7) is 4.00. The fourth-order valence-corrected chi connectivity index (χ4v) is 3.04. The average molecular weight is 296 g/mol. The average Bonchev–Trinajstić information content (AvgIpc) is 3.15. The van der Waals surface area contributed by atoms with Gasteiger partial charge in [0.15, 0.2) is 4.96 Å². The lowest BCUT2D eigenvalue weighted by atomic mass is 10.1. The highest BCUT2D eigenvalue weighted by atomic mass is 32.1. The van der Waals surface area contributed by atoms with Crippen LogP contribution in [0.4, 0.5) is 0 Å². The molecule has 0 saturated carbocycles. The van der Waals surface area contributed by atoms with Crippen molar-refractivity contribution in [1.29, 1.82) is 0 Å². The topological polar surface area (TPSA) is 56.2 Å². The first-order valence-corrected chi connectivity index (χ1v) is 7.43. The van der Waals surface area contributed by atoms with Crippen LogP contribution in [0.25, 0.3) is 28.0 Å². The van der Waals surface area contributed by atoms with Crippen molar-refractivity contribution in [2.75, 3.05) is 0 Å². The molecule has 6 heteroatoms. The van der Waals surface area contributed by atoms with Crippen LogP contribution in [0.3, 0.4) is 0 Å². The molecule has 5 nitrogen and oxygen atoms in total. The lowest BCUT2D eigenvalue weighted by Gasteiger charge is -1.96.